The molecule has 0 atom stereocenters. The van der Waals surface area contributed by atoms with Gasteiger partial charge in [-0.1, -0.05) is 12.1 Å². The van der Waals surface area contributed by atoms with Crippen molar-refractivity contribution >= 4 is 11.8 Å². The van der Waals surface area contributed by atoms with Crippen LogP contribution in [0, 0.1) is 0 Å². The molecule has 2 N–H and O–H groups in total. The van der Waals surface area contributed by atoms with E-state index in [1.165, 1.54) is 24.6 Å². The fourth-order valence-corrected chi connectivity index (χ4v) is 2.76. The average molecular weight is 309 g/mol. The van der Waals surface area contributed by atoms with E-state index in [2.05, 4.69) is 15.5 Å². The lowest BCUT2D eigenvalue weighted by Crippen LogP contribution is -2.15. The molecule has 0 aliphatic heterocycles. The number of alkyl halides is 2. The minimum atomic E-state index is -2.28. The molecule has 112 valence electrons. The standard InChI is InChI=1S/C15H17F2N3S/c16-14(17)9-21-13-5-1-10(2-6-13)15-11(8-19-20-15)7-18-12-3-4-12/h1-2,5-6,8,12,14,18H,3-4,7,9H2,(H,19,20). The zero-order chi connectivity index (χ0) is 14.7. The summed E-state index contributed by atoms with van der Waals surface area (Å²) in [6, 6.07) is 8.30. The van der Waals surface area contributed by atoms with Gasteiger partial charge in [-0.15, -0.1) is 11.8 Å². The Morgan fingerprint density at radius 2 is 2.05 bits per heavy atom. The van der Waals surface area contributed by atoms with Gasteiger partial charge in [0.2, 0.25) is 6.43 Å². The summed E-state index contributed by atoms with van der Waals surface area (Å²) in [6.45, 7) is 0.804. The fourth-order valence-electron chi connectivity index (χ4n) is 2.11. The van der Waals surface area contributed by atoms with Crippen LogP contribution in [0.25, 0.3) is 11.3 Å². The first-order valence-corrected chi connectivity index (χ1v) is 7.98. The van der Waals surface area contributed by atoms with Crippen LogP contribution in [0.5, 0.6) is 0 Å². The lowest BCUT2D eigenvalue weighted by atomic mass is 10.1. The summed E-state index contributed by atoms with van der Waals surface area (Å²) < 4.78 is 24.4. The molecule has 1 saturated carbocycles. The quantitative estimate of drug-likeness (QED) is 0.767. The summed E-state index contributed by atoms with van der Waals surface area (Å²) in [5.41, 5.74) is 3.16. The number of hydrogen-bond donors (Lipinski definition) is 2. The Kier molecular flexibility index (Phi) is 4.55. The number of nitrogens with one attached hydrogen (secondary N) is 2. The third-order valence-electron chi connectivity index (χ3n) is 3.40. The largest absolute Gasteiger partial charge is 0.310 e. The van der Waals surface area contributed by atoms with E-state index in [9.17, 15) is 8.78 Å². The van der Waals surface area contributed by atoms with Crippen molar-refractivity contribution in [2.24, 2.45) is 0 Å². The Morgan fingerprint density at radius 1 is 1.29 bits per heavy atom. The van der Waals surface area contributed by atoms with Crippen LogP contribution in [0.15, 0.2) is 35.4 Å². The molecular formula is C15H17F2N3S. The van der Waals surface area contributed by atoms with E-state index in [1.54, 1.807) is 0 Å². The van der Waals surface area contributed by atoms with E-state index in [0.29, 0.717) is 6.04 Å². The molecule has 1 aliphatic rings. The average Bonchev–Trinajstić information content (AvgIpc) is 3.20. The maximum absolute atomic E-state index is 12.2. The van der Waals surface area contributed by atoms with Gasteiger partial charge in [0.1, 0.15) is 0 Å². The molecule has 2 aromatic rings. The number of thioether (sulfide) groups is 1. The SMILES string of the molecule is FC(F)CSc1ccc(-c2[nH]ncc2CNC2CC2)cc1. The molecule has 3 nitrogen and oxygen atoms in total. The van der Waals surface area contributed by atoms with Crippen LogP contribution in [0.3, 0.4) is 0 Å². The molecule has 3 rings (SSSR count). The summed E-state index contributed by atoms with van der Waals surface area (Å²) in [7, 11) is 0. The molecule has 6 heteroatoms. The first kappa shape index (κ1) is 14.5. The summed E-state index contributed by atoms with van der Waals surface area (Å²) in [6.07, 6.45) is 2.07. The predicted octanol–water partition coefficient (Wildman–Crippen LogP) is 3.69. The predicted molar refractivity (Wildman–Crippen MR) is 80.6 cm³/mol. The number of rotatable bonds is 7. The maximum Gasteiger partial charge on any atom is 0.247 e. The van der Waals surface area contributed by atoms with Gasteiger partial charge >= 0.3 is 0 Å². The van der Waals surface area contributed by atoms with Crippen molar-refractivity contribution in [3.05, 3.63) is 36.0 Å². The first-order chi connectivity index (χ1) is 10.2. The number of benzene rings is 1. The highest BCUT2D eigenvalue weighted by Crippen LogP contribution is 2.27. The molecule has 21 heavy (non-hydrogen) atoms. The number of hydrogen-bond acceptors (Lipinski definition) is 3. The van der Waals surface area contributed by atoms with Crippen molar-refractivity contribution in [1.82, 2.24) is 15.5 Å². The third kappa shape index (κ3) is 4.04. The van der Waals surface area contributed by atoms with Crippen molar-refractivity contribution in [3.63, 3.8) is 0 Å². The molecule has 0 saturated heterocycles. The Hall–Kier alpha value is -1.40. The second-order valence-corrected chi connectivity index (χ2v) is 6.25. The normalized spacial score (nSPS) is 14.8. The summed E-state index contributed by atoms with van der Waals surface area (Å²) >= 11 is 1.17. The Labute approximate surface area is 126 Å². The number of H-pyrrole nitrogens is 1. The van der Waals surface area contributed by atoms with Crippen LogP contribution in [0.2, 0.25) is 0 Å². The molecule has 1 fully saturated rings. The second kappa shape index (κ2) is 6.58. The Bertz CT molecular complexity index is 579. The van der Waals surface area contributed by atoms with Crippen molar-refractivity contribution in [1.29, 1.82) is 0 Å². The third-order valence-corrected chi connectivity index (χ3v) is 4.42. The number of aromatic nitrogens is 2. The summed E-state index contributed by atoms with van der Waals surface area (Å²) in [4.78, 5) is 0.858. The molecular weight excluding hydrogens is 292 g/mol. The molecule has 0 radical (unpaired) electrons. The van der Waals surface area contributed by atoms with Crippen LogP contribution < -0.4 is 5.32 Å². The van der Waals surface area contributed by atoms with E-state index >= 15 is 0 Å². The van der Waals surface area contributed by atoms with E-state index in [1.807, 2.05) is 30.5 Å². The van der Waals surface area contributed by atoms with Crippen LogP contribution in [0.1, 0.15) is 18.4 Å². The summed E-state index contributed by atoms with van der Waals surface area (Å²) in [5, 5.41) is 10.6. The zero-order valence-corrected chi connectivity index (χ0v) is 12.3. The zero-order valence-electron chi connectivity index (χ0n) is 11.5. The van der Waals surface area contributed by atoms with E-state index in [-0.39, 0.29) is 5.75 Å². The van der Waals surface area contributed by atoms with Gasteiger partial charge in [0.05, 0.1) is 17.6 Å². The van der Waals surface area contributed by atoms with Crippen LogP contribution >= 0.6 is 11.8 Å². The van der Waals surface area contributed by atoms with Gasteiger partial charge in [-0.05, 0) is 30.5 Å². The summed E-state index contributed by atoms with van der Waals surface area (Å²) in [5.74, 6) is -0.167. The number of nitrogens with zero attached hydrogens (tertiary/aromatic N) is 1. The van der Waals surface area contributed by atoms with Crippen molar-refractivity contribution in [3.8, 4) is 11.3 Å². The van der Waals surface area contributed by atoms with Gasteiger partial charge in [0.15, 0.2) is 0 Å². The van der Waals surface area contributed by atoms with Gasteiger partial charge in [0, 0.05) is 23.0 Å². The highest BCUT2D eigenvalue weighted by molar-refractivity contribution is 7.99. The first-order valence-electron chi connectivity index (χ1n) is 6.99. The molecule has 1 heterocycles. The van der Waals surface area contributed by atoms with Crippen LogP contribution in [0.4, 0.5) is 8.78 Å². The molecule has 0 unspecified atom stereocenters. The Morgan fingerprint density at radius 3 is 2.71 bits per heavy atom. The fraction of sp³-hybridized carbons (Fsp3) is 0.400. The van der Waals surface area contributed by atoms with Gasteiger partial charge < -0.3 is 5.32 Å². The van der Waals surface area contributed by atoms with Gasteiger partial charge in [-0.3, -0.25) is 5.10 Å². The monoisotopic (exact) mass is 309 g/mol. The minimum Gasteiger partial charge on any atom is -0.310 e. The van der Waals surface area contributed by atoms with Gasteiger partial charge in [-0.2, -0.15) is 5.10 Å². The second-order valence-electron chi connectivity index (χ2n) is 5.15. The molecule has 0 bridgehead atoms. The lowest BCUT2D eigenvalue weighted by molar-refractivity contribution is 0.177. The lowest BCUT2D eigenvalue weighted by Gasteiger charge is -2.06. The van der Waals surface area contributed by atoms with Crippen molar-refractivity contribution in [2.45, 2.75) is 36.7 Å². The number of aromatic amines is 1. The highest BCUT2D eigenvalue weighted by atomic mass is 32.2. The minimum absolute atomic E-state index is 0.167. The number of halogens is 2. The maximum atomic E-state index is 12.2. The molecule has 0 spiro atoms. The van der Waals surface area contributed by atoms with Crippen LogP contribution in [-0.2, 0) is 6.54 Å². The smallest absolute Gasteiger partial charge is 0.247 e. The topological polar surface area (TPSA) is 40.7 Å². The molecule has 1 aromatic carbocycles. The van der Waals surface area contributed by atoms with Gasteiger partial charge in [0.25, 0.3) is 0 Å². The highest BCUT2D eigenvalue weighted by Gasteiger charge is 2.21. The molecule has 1 aliphatic carbocycles. The van der Waals surface area contributed by atoms with Gasteiger partial charge in [-0.25, -0.2) is 8.78 Å². The van der Waals surface area contributed by atoms with Crippen LogP contribution in [-0.4, -0.2) is 28.4 Å². The van der Waals surface area contributed by atoms with E-state index in [0.717, 1.165) is 28.3 Å². The van der Waals surface area contributed by atoms with Crippen molar-refractivity contribution < 1.29 is 8.78 Å². The van der Waals surface area contributed by atoms with Crippen molar-refractivity contribution in [2.75, 3.05) is 5.75 Å². The molecule has 1 aromatic heterocycles. The Balaban J connectivity index is 1.67. The van der Waals surface area contributed by atoms with E-state index < -0.39 is 6.43 Å². The van der Waals surface area contributed by atoms with E-state index in [4.69, 9.17) is 0 Å². The molecule has 0 amide bonds.